The summed E-state index contributed by atoms with van der Waals surface area (Å²) in [6.45, 7) is 6.22. The van der Waals surface area contributed by atoms with E-state index >= 15 is 0 Å². The minimum absolute atomic E-state index is 0.0169. The molecule has 0 N–H and O–H groups in total. The standard InChI is InChI=1S/C13H15BrN2O3/c1-4-11(17)15-7-13(2,3)9-5-8(14)6-10(12(9)15)16(18)19/h5-6H,4,7H2,1-3H3. The summed E-state index contributed by atoms with van der Waals surface area (Å²) in [4.78, 5) is 24.4. The van der Waals surface area contributed by atoms with Gasteiger partial charge in [-0.3, -0.25) is 14.9 Å². The molecule has 0 saturated carbocycles. The number of benzene rings is 1. The Bertz CT molecular complexity index is 569. The summed E-state index contributed by atoms with van der Waals surface area (Å²) in [5.74, 6) is -0.0859. The summed E-state index contributed by atoms with van der Waals surface area (Å²) in [6, 6.07) is 3.32. The van der Waals surface area contributed by atoms with Gasteiger partial charge in [0, 0.05) is 28.9 Å². The molecule has 0 spiro atoms. The summed E-state index contributed by atoms with van der Waals surface area (Å²) in [6.07, 6.45) is 0.336. The Morgan fingerprint density at radius 1 is 1.53 bits per heavy atom. The summed E-state index contributed by atoms with van der Waals surface area (Å²) in [7, 11) is 0. The Labute approximate surface area is 119 Å². The molecule has 0 fully saturated rings. The summed E-state index contributed by atoms with van der Waals surface area (Å²) in [5, 5.41) is 11.2. The van der Waals surface area contributed by atoms with Gasteiger partial charge in [0.15, 0.2) is 0 Å². The van der Waals surface area contributed by atoms with Crippen LogP contribution in [0.5, 0.6) is 0 Å². The van der Waals surface area contributed by atoms with E-state index in [-0.39, 0.29) is 17.0 Å². The minimum atomic E-state index is -0.430. The van der Waals surface area contributed by atoms with Crippen LogP contribution in [0.15, 0.2) is 16.6 Å². The number of hydrogen-bond acceptors (Lipinski definition) is 3. The molecule has 1 aliphatic heterocycles. The quantitative estimate of drug-likeness (QED) is 0.618. The first-order chi connectivity index (χ1) is 8.77. The van der Waals surface area contributed by atoms with Gasteiger partial charge in [0.05, 0.1) is 4.92 Å². The van der Waals surface area contributed by atoms with Gasteiger partial charge in [0.2, 0.25) is 5.91 Å². The van der Waals surface area contributed by atoms with Gasteiger partial charge in [-0.05, 0) is 11.6 Å². The first-order valence-electron chi connectivity index (χ1n) is 6.06. The van der Waals surface area contributed by atoms with Crippen LogP contribution in [0.2, 0.25) is 0 Å². The van der Waals surface area contributed by atoms with Crippen LogP contribution in [0.25, 0.3) is 0 Å². The maximum atomic E-state index is 12.0. The molecule has 0 radical (unpaired) electrons. The zero-order valence-electron chi connectivity index (χ0n) is 11.1. The molecule has 0 saturated heterocycles. The number of nitro groups is 1. The van der Waals surface area contributed by atoms with Gasteiger partial charge in [0.1, 0.15) is 5.69 Å². The molecule has 0 bridgehead atoms. The van der Waals surface area contributed by atoms with E-state index in [0.717, 1.165) is 5.56 Å². The van der Waals surface area contributed by atoms with Crippen molar-refractivity contribution >= 4 is 33.2 Å². The zero-order chi connectivity index (χ0) is 14.4. The Hall–Kier alpha value is -1.43. The second-order valence-corrected chi connectivity index (χ2v) is 6.21. The summed E-state index contributed by atoms with van der Waals surface area (Å²) < 4.78 is 0.664. The molecule has 1 aliphatic rings. The van der Waals surface area contributed by atoms with Crippen LogP contribution >= 0.6 is 15.9 Å². The average Bonchev–Trinajstić information content (AvgIpc) is 2.59. The molecule has 1 aromatic carbocycles. The van der Waals surface area contributed by atoms with Crippen LogP contribution in [-0.4, -0.2) is 17.4 Å². The number of nitro benzene ring substituents is 1. The third kappa shape index (κ3) is 2.25. The molecule has 102 valence electrons. The van der Waals surface area contributed by atoms with Crippen molar-refractivity contribution in [2.24, 2.45) is 0 Å². The number of anilines is 1. The molecule has 1 heterocycles. The number of hydrogen-bond donors (Lipinski definition) is 0. The second kappa shape index (κ2) is 4.59. The van der Waals surface area contributed by atoms with Crippen molar-refractivity contribution in [1.29, 1.82) is 0 Å². The first kappa shape index (κ1) is 14.0. The largest absolute Gasteiger partial charge is 0.305 e. The van der Waals surface area contributed by atoms with Crippen LogP contribution in [0.4, 0.5) is 11.4 Å². The zero-order valence-corrected chi connectivity index (χ0v) is 12.7. The van der Waals surface area contributed by atoms with Crippen molar-refractivity contribution in [3.05, 3.63) is 32.3 Å². The number of amides is 1. The van der Waals surface area contributed by atoms with Gasteiger partial charge in [-0.1, -0.05) is 36.7 Å². The van der Waals surface area contributed by atoms with Gasteiger partial charge in [-0.25, -0.2) is 0 Å². The molecule has 1 aromatic rings. The Balaban J connectivity index is 2.71. The average molecular weight is 327 g/mol. The summed E-state index contributed by atoms with van der Waals surface area (Å²) >= 11 is 3.30. The monoisotopic (exact) mass is 326 g/mol. The lowest BCUT2D eigenvalue weighted by Gasteiger charge is -2.20. The number of fused-ring (bicyclic) bond motifs is 1. The van der Waals surface area contributed by atoms with Crippen molar-refractivity contribution in [1.82, 2.24) is 0 Å². The first-order valence-corrected chi connectivity index (χ1v) is 6.86. The topological polar surface area (TPSA) is 63.5 Å². The highest BCUT2D eigenvalue weighted by Gasteiger charge is 2.42. The molecular formula is C13H15BrN2O3. The second-order valence-electron chi connectivity index (χ2n) is 5.30. The van der Waals surface area contributed by atoms with Crippen molar-refractivity contribution in [3.63, 3.8) is 0 Å². The molecule has 19 heavy (non-hydrogen) atoms. The predicted molar refractivity (Wildman–Crippen MR) is 76.5 cm³/mol. The maximum absolute atomic E-state index is 12.0. The Morgan fingerprint density at radius 3 is 2.68 bits per heavy atom. The van der Waals surface area contributed by atoms with E-state index in [4.69, 9.17) is 0 Å². The normalized spacial score (nSPS) is 16.3. The van der Waals surface area contributed by atoms with Crippen LogP contribution < -0.4 is 4.90 Å². The third-order valence-corrected chi connectivity index (χ3v) is 3.87. The van der Waals surface area contributed by atoms with E-state index in [1.807, 2.05) is 19.9 Å². The van der Waals surface area contributed by atoms with Crippen molar-refractivity contribution in [2.45, 2.75) is 32.6 Å². The van der Waals surface area contributed by atoms with E-state index in [0.29, 0.717) is 23.1 Å². The molecule has 0 atom stereocenters. The SMILES string of the molecule is CCC(=O)N1CC(C)(C)c2cc(Br)cc([N+](=O)[O-])c21. The molecular weight excluding hydrogens is 312 g/mol. The minimum Gasteiger partial charge on any atom is -0.305 e. The molecule has 1 amide bonds. The fourth-order valence-corrected chi connectivity index (χ4v) is 2.93. The van der Waals surface area contributed by atoms with E-state index < -0.39 is 4.92 Å². The molecule has 2 rings (SSSR count). The van der Waals surface area contributed by atoms with Crippen molar-refractivity contribution in [2.75, 3.05) is 11.4 Å². The highest BCUT2D eigenvalue weighted by Crippen LogP contribution is 2.47. The van der Waals surface area contributed by atoms with Gasteiger partial charge >= 0.3 is 0 Å². The van der Waals surface area contributed by atoms with Gasteiger partial charge in [0.25, 0.3) is 5.69 Å². The van der Waals surface area contributed by atoms with Gasteiger partial charge in [-0.15, -0.1) is 0 Å². The fraction of sp³-hybridized carbons (Fsp3) is 0.462. The fourth-order valence-electron chi connectivity index (χ4n) is 2.49. The summed E-state index contributed by atoms with van der Waals surface area (Å²) in [5.41, 5.74) is 0.992. The van der Waals surface area contributed by atoms with Crippen LogP contribution in [0.3, 0.4) is 0 Å². The van der Waals surface area contributed by atoms with Gasteiger partial charge in [-0.2, -0.15) is 0 Å². The van der Waals surface area contributed by atoms with Crippen molar-refractivity contribution < 1.29 is 9.72 Å². The van der Waals surface area contributed by atoms with Gasteiger partial charge < -0.3 is 4.90 Å². The van der Waals surface area contributed by atoms with Crippen LogP contribution in [0.1, 0.15) is 32.8 Å². The Kier molecular flexibility index (Phi) is 3.38. The molecule has 5 nitrogen and oxygen atoms in total. The third-order valence-electron chi connectivity index (χ3n) is 3.41. The molecule has 0 aliphatic carbocycles. The van der Waals surface area contributed by atoms with Crippen molar-refractivity contribution in [3.8, 4) is 0 Å². The molecule has 6 heteroatoms. The number of rotatable bonds is 2. The van der Waals surface area contributed by atoms with E-state index in [9.17, 15) is 14.9 Å². The highest BCUT2D eigenvalue weighted by molar-refractivity contribution is 9.10. The number of carbonyl (C=O) groups is 1. The maximum Gasteiger partial charge on any atom is 0.294 e. The molecule has 0 unspecified atom stereocenters. The lowest BCUT2D eigenvalue weighted by atomic mass is 9.87. The number of nitrogens with zero attached hydrogens (tertiary/aromatic N) is 2. The lowest BCUT2D eigenvalue weighted by molar-refractivity contribution is -0.384. The Morgan fingerprint density at radius 2 is 2.16 bits per heavy atom. The van der Waals surface area contributed by atoms with E-state index in [1.165, 1.54) is 6.07 Å². The highest BCUT2D eigenvalue weighted by atomic mass is 79.9. The predicted octanol–water partition coefficient (Wildman–Crippen LogP) is 3.39. The van der Waals surface area contributed by atoms with Crippen LogP contribution in [0, 0.1) is 10.1 Å². The number of halogens is 1. The van der Waals surface area contributed by atoms with E-state index in [1.54, 1.807) is 11.8 Å². The smallest absolute Gasteiger partial charge is 0.294 e. The molecule has 0 aromatic heterocycles. The lowest BCUT2D eigenvalue weighted by Crippen LogP contribution is -2.33. The van der Waals surface area contributed by atoms with Crippen LogP contribution in [-0.2, 0) is 10.2 Å². The number of carbonyl (C=O) groups excluding carboxylic acids is 1. The van der Waals surface area contributed by atoms with E-state index in [2.05, 4.69) is 15.9 Å².